The van der Waals surface area contributed by atoms with Gasteiger partial charge in [0, 0.05) is 12.1 Å². The Morgan fingerprint density at radius 3 is 2.40 bits per heavy atom. The Labute approximate surface area is 89.6 Å². The van der Waals surface area contributed by atoms with E-state index in [1.807, 2.05) is 0 Å². The molecule has 0 aromatic heterocycles. The molecule has 1 rings (SSSR count). The summed E-state index contributed by atoms with van der Waals surface area (Å²) >= 11 is 0. The Kier molecular flexibility index (Phi) is 2.93. The Bertz CT molecular complexity index is 403. The van der Waals surface area contributed by atoms with Crippen molar-refractivity contribution in [1.82, 2.24) is 0 Å². The van der Waals surface area contributed by atoms with E-state index in [9.17, 15) is 10.1 Å². The van der Waals surface area contributed by atoms with Crippen LogP contribution < -0.4 is 0 Å². The number of benzene rings is 1. The van der Waals surface area contributed by atoms with Gasteiger partial charge in [0.2, 0.25) is 0 Å². The molecule has 0 N–H and O–H groups in total. The zero-order valence-corrected chi connectivity index (χ0v) is 9.28. The van der Waals surface area contributed by atoms with E-state index in [2.05, 4.69) is 27.4 Å². The highest BCUT2D eigenvalue weighted by molar-refractivity contribution is 5.58. The third kappa shape index (κ3) is 2.43. The van der Waals surface area contributed by atoms with Gasteiger partial charge in [0.15, 0.2) is 0 Å². The maximum absolute atomic E-state index is 10.6. The Hall–Kier alpha value is -1.64. The summed E-state index contributed by atoms with van der Waals surface area (Å²) < 4.78 is 0. The Morgan fingerprint density at radius 1 is 1.40 bits per heavy atom. The number of nitro benzene ring substituents is 1. The molecule has 0 radical (unpaired) electrons. The van der Waals surface area contributed by atoms with Gasteiger partial charge < -0.3 is 0 Å². The molecule has 0 aliphatic carbocycles. The van der Waals surface area contributed by atoms with Crippen molar-refractivity contribution in [2.45, 2.75) is 26.2 Å². The number of nitrogens with zero attached hydrogens (tertiary/aromatic N) is 1. The van der Waals surface area contributed by atoms with E-state index in [4.69, 9.17) is 0 Å². The summed E-state index contributed by atoms with van der Waals surface area (Å²) in [5.74, 6) is 0. The van der Waals surface area contributed by atoms with Gasteiger partial charge in [-0.1, -0.05) is 39.5 Å². The van der Waals surface area contributed by atoms with Crippen LogP contribution in [0.1, 0.15) is 31.9 Å². The van der Waals surface area contributed by atoms with Crippen molar-refractivity contribution in [3.63, 3.8) is 0 Å². The van der Waals surface area contributed by atoms with Crippen molar-refractivity contribution in [1.29, 1.82) is 0 Å². The van der Waals surface area contributed by atoms with Crippen LogP contribution in [0.4, 0.5) is 5.69 Å². The highest BCUT2D eigenvalue weighted by Crippen LogP contribution is 2.29. The molecule has 15 heavy (non-hydrogen) atoms. The van der Waals surface area contributed by atoms with E-state index in [0.717, 1.165) is 11.1 Å². The zero-order chi connectivity index (χ0) is 11.6. The zero-order valence-electron chi connectivity index (χ0n) is 9.28. The molecule has 0 unspecified atom stereocenters. The fraction of sp³-hybridized carbons (Fsp3) is 0.333. The molecule has 1 aromatic rings. The molecule has 0 bridgehead atoms. The standard InChI is InChI=1S/C12H15NO2/c1-5-9-8-10(13(14)15)6-7-11(9)12(2,3)4/h5-8H,1H2,2-4H3. The minimum atomic E-state index is -0.389. The van der Waals surface area contributed by atoms with Crippen molar-refractivity contribution >= 4 is 11.8 Å². The fourth-order valence-electron chi connectivity index (χ4n) is 1.52. The number of hydrogen-bond acceptors (Lipinski definition) is 2. The summed E-state index contributed by atoms with van der Waals surface area (Å²) in [4.78, 5) is 10.2. The van der Waals surface area contributed by atoms with E-state index in [1.165, 1.54) is 6.07 Å². The van der Waals surface area contributed by atoms with Crippen molar-refractivity contribution < 1.29 is 4.92 Å². The van der Waals surface area contributed by atoms with Gasteiger partial charge in [-0.05, 0) is 16.5 Å². The van der Waals surface area contributed by atoms with E-state index in [1.54, 1.807) is 18.2 Å². The molecule has 0 saturated heterocycles. The molecule has 0 aliphatic heterocycles. The first-order chi connectivity index (χ1) is 6.86. The summed E-state index contributed by atoms with van der Waals surface area (Å²) in [6.45, 7) is 9.89. The summed E-state index contributed by atoms with van der Waals surface area (Å²) in [5.41, 5.74) is 1.98. The summed E-state index contributed by atoms with van der Waals surface area (Å²) in [6.07, 6.45) is 1.66. The maximum atomic E-state index is 10.6. The van der Waals surface area contributed by atoms with Crippen LogP contribution in [0.5, 0.6) is 0 Å². The second-order valence-electron chi connectivity index (χ2n) is 4.48. The Balaban J connectivity index is 3.33. The minimum Gasteiger partial charge on any atom is -0.258 e. The molecule has 0 fully saturated rings. The molecular formula is C12H15NO2. The van der Waals surface area contributed by atoms with Crippen LogP contribution in [0.25, 0.3) is 6.08 Å². The molecule has 0 aliphatic rings. The molecule has 0 spiro atoms. The van der Waals surface area contributed by atoms with Gasteiger partial charge in [0.05, 0.1) is 4.92 Å². The molecule has 0 amide bonds. The van der Waals surface area contributed by atoms with Gasteiger partial charge in [0.1, 0.15) is 0 Å². The van der Waals surface area contributed by atoms with Crippen molar-refractivity contribution in [3.05, 3.63) is 46.0 Å². The SMILES string of the molecule is C=Cc1cc([N+](=O)[O-])ccc1C(C)(C)C. The third-order valence-electron chi connectivity index (χ3n) is 2.27. The molecular weight excluding hydrogens is 190 g/mol. The largest absolute Gasteiger partial charge is 0.270 e. The van der Waals surface area contributed by atoms with Gasteiger partial charge in [-0.3, -0.25) is 10.1 Å². The summed E-state index contributed by atoms with van der Waals surface area (Å²) in [5, 5.41) is 10.6. The predicted molar refractivity (Wildman–Crippen MR) is 61.9 cm³/mol. The van der Waals surface area contributed by atoms with E-state index in [-0.39, 0.29) is 16.0 Å². The van der Waals surface area contributed by atoms with Crippen LogP contribution in [0.15, 0.2) is 24.8 Å². The minimum absolute atomic E-state index is 0.0291. The molecule has 0 heterocycles. The maximum Gasteiger partial charge on any atom is 0.270 e. The second-order valence-corrected chi connectivity index (χ2v) is 4.48. The van der Waals surface area contributed by atoms with Crippen molar-refractivity contribution in [2.75, 3.05) is 0 Å². The highest BCUT2D eigenvalue weighted by atomic mass is 16.6. The van der Waals surface area contributed by atoms with Crippen LogP contribution in [-0.2, 0) is 5.41 Å². The predicted octanol–water partition coefficient (Wildman–Crippen LogP) is 3.54. The van der Waals surface area contributed by atoms with E-state index < -0.39 is 0 Å². The van der Waals surface area contributed by atoms with Crippen LogP contribution in [0.3, 0.4) is 0 Å². The highest BCUT2D eigenvalue weighted by Gasteiger charge is 2.18. The lowest BCUT2D eigenvalue weighted by molar-refractivity contribution is -0.384. The average molecular weight is 205 g/mol. The lowest BCUT2D eigenvalue weighted by Gasteiger charge is -2.21. The molecule has 0 atom stereocenters. The van der Waals surface area contributed by atoms with Gasteiger partial charge in [0.25, 0.3) is 5.69 Å². The summed E-state index contributed by atoms with van der Waals surface area (Å²) in [7, 11) is 0. The van der Waals surface area contributed by atoms with Gasteiger partial charge >= 0.3 is 0 Å². The average Bonchev–Trinajstić information content (AvgIpc) is 2.15. The number of nitro groups is 1. The molecule has 3 nitrogen and oxygen atoms in total. The second kappa shape index (κ2) is 3.85. The quantitative estimate of drug-likeness (QED) is 0.547. The van der Waals surface area contributed by atoms with Crippen LogP contribution >= 0.6 is 0 Å². The van der Waals surface area contributed by atoms with E-state index >= 15 is 0 Å². The van der Waals surface area contributed by atoms with Crippen molar-refractivity contribution in [3.8, 4) is 0 Å². The topological polar surface area (TPSA) is 43.1 Å². The van der Waals surface area contributed by atoms with E-state index in [0.29, 0.717) is 0 Å². The monoisotopic (exact) mass is 205 g/mol. The molecule has 0 saturated carbocycles. The smallest absolute Gasteiger partial charge is 0.258 e. The summed E-state index contributed by atoms with van der Waals surface area (Å²) in [6, 6.07) is 4.90. The fourth-order valence-corrected chi connectivity index (χ4v) is 1.52. The molecule has 3 heteroatoms. The normalized spacial score (nSPS) is 11.1. The van der Waals surface area contributed by atoms with Gasteiger partial charge in [-0.25, -0.2) is 0 Å². The number of rotatable bonds is 2. The number of non-ortho nitro benzene ring substituents is 1. The lowest BCUT2D eigenvalue weighted by atomic mass is 9.83. The Morgan fingerprint density at radius 2 is 2.00 bits per heavy atom. The van der Waals surface area contributed by atoms with Crippen LogP contribution in [0, 0.1) is 10.1 Å². The molecule has 1 aromatic carbocycles. The molecule has 80 valence electrons. The van der Waals surface area contributed by atoms with Crippen LogP contribution in [0.2, 0.25) is 0 Å². The van der Waals surface area contributed by atoms with Gasteiger partial charge in [-0.15, -0.1) is 0 Å². The number of hydrogen-bond donors (Lipinski definition) is 0. The first kappa shape index (κ1) is 11.4. The third-order valence-corrected chi connectivity index (χ3v) is 2.27. The van der Waals surface area contributed by atoms with Gasteiger partial charge in [-0.2, -0.15) is 0 Å². The first-order valence-corrected chi connectivity index (χ1v) is 4.77. The first-order valence-electron chi connectivity index (χ1n) is 4.77. The lowest BCUT2D eigenvalue weighted by Crippen LogP contribution is -2.13. The van der Waals surface area contributed by atoms with Crippen LogP contribution in [-0.4, -0.2) is 4.92 Å². The van der Waals surface area contributed by atoms with Crippen molar-refractivity contribution in [2.24, 2.45) is 0 Å².